The number of methoxy groups -OCH3 is 1. The number of anilines is 1. The minimum atomic E-state index is -0.173. The molecule has 0 spiro atoms. The standard InChI is InChI=1S/C14H23N5O3/c1-3-22-13-12(15-5-6-16-13)19-8-4-11(10-19)18-14(20)17-7-9-21-2/h5-6,11H,3-4,7-10H2,1-2H3,(H2,17,18,20)/t11-/m1/s1. The monoisotopic (exact) mass is 309 g/mol. The van der Waals surface area contributed by atoms with Crippen molar-refractivity contribution in [2.75, 3.05) is 44.9 Å². The summed E-state index contributed by atoms with van der Waals surface area (Å²) in [5.41, 5.74) is 0. The molecule has 8 heteroatoms. The molecule has 0 saturated carbocycles. The van der Waals surface area contributed by atoms with Gasteiger partial charge in [-0.25, -0.2) is 14.8 Å². The predicted molar refractivity (Wildman–Crippen MR) is 82.2 cm³/mol. The summed E-state index contributed by atoms with van der Waals surface area (Å²) in [6.07, 6.45) is 4.12. The number of urea groups is 1. The smallest absolute Gasteiger partial charge is 0.315 e. The number of nitrogens with zero attached hydrogens (tertiary/aromatic N) is 3. The first-order valence-corrected chi connectivity index (χ1v) is 7.46. The second kappa shape index (κ2) is 8.38. The van der Waals surface area contributed by atoms with Crippen LogP contribution in [0.25, 0.3) is 0 Å². The number of amides is 2. The maximum absolute atomic E-state index is 11.7. The highest BCUT2D eigenvalue weighted by Crippen LogP contribution is 2.26. The summed E-state index contributed by atoms with van der Waals surface area (Å²) in [6.45, 7) is 4.96. The summed E-state index contributed by atoms with van der Waals surface area (Å²) < 4.78 is 10.4. The molecule has 1 aliphatic heterocycles. The molecule has 22 heavy (non-hydrogen) atoms. The molecule has 2 N–H and O–H groups in total. The Hall–Kier alpha value is -2.09. The van der Waals surface area contributed by atoms with Gasteiger partial charge in [-0.1, -0.05) is 0 Å². The minimum Gasteiger partial charge on any atom is -0.475 e. The fourth-order valence-electron chi connectivity index (χ4n) is 2.35. The van der Waals surface area contributed by atoms with Crippen LogP contribution >= 0.6 is 0 Å². The van der Waals surface area contributed by atoms with Crippen LogP contribution in [-0.4, -0.2) is 62.0 Å². The SMILES string of the molecule is CCOc1nccnc1N1CC[C@@H](NC(=O)NCCOC)C1. The highest BCUT2D eigenvalue weighted by atomic mass is 16.5. The average molecular weight is 309 g/mol. The molecule has 1 atom stereocenters. The van der Waals surface area contributed by atoms with Gasteiger partial charge in [-0.15, -0.1) is 0 Å². The average Bonchev–Trinajstić information content (AvgIpc) is 2.97. The predicted octanol–water partition coefficient (Wildman–Crippen LogP) is 0.400. The van der Waals surface area contributed by atoms with Gasteiger partial charge in [-0.2, -0.15) is 0 Å². The Morgan fingerprint density at radius 2 is 2.27 bits per heavy atom. The van der Waals surface area contributed by atoms with Crippen molar-refractivity contribution in [3.05, 3.63) is 12.4 Å². The van der Waals surface area contributed by atoms with Gasteiger partial charge in [-0.05, 0) is 13.3 Å². The van der Waals surface area contributed by atoms with E-state index in [0.717, 1.165) is 18.8 Å². The first kappa shape index (κ1) is 16.3. The van der Waals surface area contributed by atoms with Gasteiger partial charge in [0.05, 0.1) is 13.2 Å². The summed E-state index contributed by atoms with van der Waals surface area (Å²) in [7, 11) is 1.60. The summed E-state index contributed by atoms with van der Waals surface area (Å²) in [4.78, 5) is 22.4. The number of hydrogen-bond donors (Lipinski definition) is 2. The van der Waals surface area contributed by atoms with Crippen molar-refractivity contribution in [3.8, 4) is 5.88 Å². The lowest BCUT2D eigenvalue weighted by atomic mass is 10.3. The van der Waals surface area contributed by atoms with Crippen molar-refractivity contribution in [1.82, 2.24) is 20.6 Å². The number of carbonyl (C=O) groups is 1. The fraction of sp³-hybridized carbons (Fsp3) is 0.643. The zero-order valence-electron chi connectivity index (χ0n) is 13.0. The zero-order chi connectivity index (χ0) is 15.8. The van der Waals surface area contributed by atoms with E-state index in [4.69, 9.17) is 9.47 Å². The highest BCUT2D eigenvalue weighted by Gasteiger charge is 2.27. The van der Waals surface area contributed by atoms with E-state index in [0.29, 0.717) is 32.2 Å². The van der Waals surface area contributed by atoms with E-state index in [-0.39, 0.29) is 12.1 Å². The molecule has 1 aromatic rings. The first-order valence-electron chi connectivity index (χ1n) is 7.46. The van der Waals surface area contributed by atoms with Gasteiger partial charge < -0.3 is 25.0 Å². The quantitative estimate of drug-likeness (QED) is 0.709. The van der Waals surface area contributed by atoms with Crippen LogP contribution in [0.4, 0.5) is 10.6 Å². The zero-order valence-corrected chi connectivity index (χ0v) is 13.0. The number of hydrogen-bond acceptors (Lipinski definition) is 6. The van der Waals surface area contributed by atoms with Gasteiger partial charge in [0.1, 0.15) is 0 Å². The maximum atomic E-state index is 11.7. The van der Waals surface area contributed by atoms with Crippen LogP contribution in [0.15, 0.2) is 12.4 Å². The van der Waals surface area contributed by atoms with Gasteiger partial charge >= 0.3 is 6.03 Å². The van der Waals surface area contributed by atoms with Crippen LogP contribution in [0.1, 0.15) is 13.3 Å². The van der Waals surface area contributed by atoms with E-state index >= 15 is 0 Å². The number of nitrogens with one attached hydrogen (secondary N) is 2. The second-order valence-corrected chi connectivity index (χ2v) is 4.94. The van der Waals surface area contributed by atoms with Crippen molar-refractivity contribution >= 4 is 11.8 Å². The highest BCUT2D eigenvalue weighted by molar-refractivity contribution is 5.74. The van der Waals surface area contributed by atoms with Crippen LogP contribution in [0.2, 0.25) is 0 Å². The van der Waals surface area contributed by atoms with Gasteiger partial charge in [0.2, 0.25) is 0 Å². The number of aromatic nitrogens is 2. The Morgan fingerprint density at radius 3 is 3.05 bits per heavy atom. The van der Waals surface area contributed by atoms with Crippen molar-refractivity contribution in [2.45, 2.75) is 19.4 Å². The molecule has 1 aromatic heterocycles. The summed E-state index contributed by atoms with van der Waals surface area (Å²) >= 11 is 0. The molecule has 1 aliphatic rings. The molecule has 0 aromatic carbocycles. The van der Waals surface area contributed by atoms with Crippen LogP contribution in [-0.2, 0) is 4.74 Å². The normalized spacial score (nSPS) is 17.4. The summed E-state index contributed by atoms with van der Waals surface area (Å²) in [5, 5.41) is 5.70. The minimum absolute atomic E-state index is 0.0824. The van der Waals surface area contributed by atoms with Gasteiger partial charge in [0.25, 0.3) is 5.88 Å². The van der Waals surface area contributed by atoms with Crippen LogP contribution in [0.5, 0.6) is 5.88 Å². The van der Waals surface area contributed by atoms with Crippen LogP contribution in [0, 0.1) is 0 Å². The third kappa shape index (κ3) is 4.45. The van der Waals surface area contributed by atoms with Gasteiger partial charge in [-0.3, -0.25) is 0 Å². The van der Waals surface area contributed by atoms with E-state index in [1.165, 1.54) is 0 Å². The van der Waals surface area contributed by atoms with E-state index in [2.05, 4.69) is 25.5 Å². The molecule has 0 unspecified atom stereocenters. The van der Waals surface area contributed by atoms with Gasteiger partial charge in [0, 0.05) is 45.2 Å². The molecule has 2 amide bonds. The Bertz CT molecular complexity index is 485. The van der Waals surface area contributed by atoms with E-state index in [1.54, 1.807) is 19.5 Å². The summed E-state index contributed by atoms with van der Waals surface area (Å²) in [5.74, 6) is 1.27. The molecular formula is C14H23N5O3. The summed E-state index contributed by atoms with van der Waals surface area (Å²) in [6, 6.07) is -0.0906. The Labute approximate surface area is 130 Å². The van der Waals surface area contributed by atoms with E-state index < -0.39 is 0 Å². The largest absolute Gasteiger partial charge is 0.475 e. The Balaban J connectivity index is 1.86. The third-order valence-electron chi connectivity index (χ3n) is 3.34. The lowest BCUT2D eigenvalue weighted by Crippen LogP contribution is -2.44. The van der Waals surface area contributed by atoms with Crippen LogP contribution in [0.3, 0.4) is 0 Å². The van der Waals surface area contributed by atoms with E-state index in [9.17, 15) is 4.79 Å². The van der Waals surface area contributed by atoms with Crippen molar-refractivity contribution in [2.24, 2.45) is 0 Å². The molecule has 0 radical (unpaired) electrons. The topological polar surface area (TPSA) is 88.6 Å². The number of carbonyl (C=O) groups excluding carboxylic acids is 1. The number of rotatable bonds is 7. The molecule has 2 rings (SSSR count). The third-order valence-corrected chi connectivity index (χ3v) is 3.34. The Morgan fingerprint density at radius 1 is 1.45 bits per heavy atom. The van der Waals surface area contributed by atoms with E-state index in [1.807, 2.05) is 6.92 Å². The second-order valence-electron chi connectivity index (χ2n) is 4.94. The molecule has 8 nitrogen and oxygen atoms in total. The number of ether oxygens (including phenoxy) is 2. The lowest BCUT2D eigenvalue weighted by molar-refractivity contribution is 0.195. The first-order chi connectivity index (χ1) is 10.7. The molecule has 122 valence electrons. The Kier molecular flexibility index (Phi) is 6.20. The molecule has 2 heterocycles. The molecular weight excluding hydrogens is 286 g/mol. The van der Waals surface area contributed by atoms with Crippen molar-refractivity contribution in [1.29, 1.82) is 0 Å². The van der Waals surface area contributed by atoms with Crippen molar-refractivity contribution < 1.29 is 14.3 Å². The molecule has 0 bridgehead atoms. The van der Waals surface area contributed by atoms with Crippen molar-refractivity contribution in [3.63, 3.8) is 0 Å². The fourth-order valence-corrected chi connectivity index (χ4v) is 2.35. The van der Waals surface area contributed by atoms with Gasteiger partial charge in [0.15, 0.2) is 5.82 Å². The lowest BCUT2D eigenvalue weighted by Gasteiger charge is -2.19. The molecule has 1 saturated heterocycles. The van der Waals surface area contributed by atoms with Crippen LogP contribution < -0.4 is 20.3 Å². The molecule has 1 fully saturated rings. The molecule has 0 aliphatic carbocycles. The maximum Gasteiger partial charge on any atom is 0.315 e.